The largest absolute Gasteiger partial charge is 0.399 e. The van der Waals surface area contributed by atoms with Crippen molar-refractivity contribution in [3.63, 3.8) is 0 Å². The highest BCUT2D eigenvalue weighted by Gasteiger charge is 2.01. The Hall–Kier alpha value is -0.900. The summed E-state index contributed by atoms with van der Waals surface area (Å²) in [6.07, 6.45) is -0.0253. The van der Waals surface area contributed by atoms with E-state index < -0.39 is 6.10 Å². The lowest BCUT2D eigenvalue weighted by atomic mass is 10.3. The Morgan fingerprint density at radius 1 is 1.89 bits per heavy atom. The second kappa shape index (κ2) is 4.03. The summed E-state index contributed by atoms with van der Waals surface area (Å²) >= 11 is 0. The van der Waals surface area contributed by atoms with E-state index in [4.69, 9.17) is 10.5 Å². The van der Waals surface area contributed by atoms with Crippen LogP contribution in [-0.4, -0.2) is 30.2 Å². The SMILES string of the molecule is CO/N=C(\C)C(O)C=N. The zero-order valence-electron chi connectivity index (χ0n) is 5.46. The van der Waals surface area contributed by atoms with E-state index in [1.165, 1.54) is 7.11 Å². The molecule has 0 aromatic carbocycles. The first kappa shape index (κ1) is 8.10. The van der Waals surface area contributed by atoms with Crippen LogP contribution in [0.2, 0.25) is 0 Å². The van der Waals surface area contributed by atoms with E-state index in [2.05, 4.69) is 9.99 Å². The van der Waals surface area contributed by atoms with E-state index in [0.717, 1.165) is 6.21 Å². The first-order chi connectivity index (χ1) is 4.22. The number of hydrogen-bond donors (Lipinski definition) is 2. The average molecular weight is 130 g/mol. The maximum Gasteiger partial charge on any atom is 0.129 e. The Labute approximate surface area is 53.6 Å². The highest BCUT2D eigenvalue weighted by atomic mass is 16.6. The van der Waals surface area contributed by atoms with Gasteiger partial charge < -0.3 is 15.4 Å². The van der Waals surface area contributed by atoms with Crippen LogP contribution in [0.1, 0.15) is 6.92 Å². The molecule has 9 heavy (non-hydrogen) atoms. The van der Waals surface area contributed by atoms with E-state index in [1.807, 2.05) is 0 Å². The smallest absolute Gasteiger partial charge is 0.129 e. The lowest BCUT2D eigenvalue weighted by Gasteiger charge is -1.99. The Morgan fingerprint density at radius 3 is 2.78 bits per heavy atom. The molecule has 0 aliphatic rings. The molecule has 4 heteroatoms. The van der Waals surface area contributed by atoms with Gasteiger partial charge in [-0.3, -0.25) is 0 Å². The molecule has 0 rings (SSSR count). The predicted octanol–water partition coefficient (Wildman–Crippen LogP) is 0.0192. The van der Waals surface area contributed by atoms with Gasteiger partial charge in [-0.2, -0.15) is 0 Å². The molecule has 0 saturated heterocycles. The number of aliphatic hydroxyl groups is 1. The first-order valence-corrected chi connectivity index (χ1v) is 2.48. The quantitative estimate of drug-likeness (QED) is 0.417. The molecule has 0 saturated carbocycles. The fraction of sp³-hybridized carbons (Fsp3) is 0.600. The third-order valence-electron chi connectivity index (χ3n) is 0.821. The second-order valence-electron chi connectivity index (χ2n) is 1.53. The molecule has 1 unspecified atom stereocenters. The van der Waals surface area contributed by atoms with Crippen molar-refractivity contribution in [3.05, 3.63) is 0 Å². The standard InChI is InChI=1S/C5H10N2O2/c1-4(7-9-2)5(8)3-6/h3,5-6,8H,1-2H3/b6-3?,7-4+. The first-order valence-electron chi connectivity index (χ1n) is 2.48. The zero-order chi connectivity index (χ0) is 7.28. The van der Waals surface area contributed by atoms with Gasteiger partial charge in [0.05, 0.1) is 5.71 Å². The van der Waals surface area contributed by atoms with E-state index in [-0.39, 0.29) is 0 Å². The summed E-state index contributed by atoms with van der Waals surface area (Å²) in [6.45, 7) is 1.58. The molecule has 0 aliphatic heterocycles. The fourth-order valence-electron chi connectivity index (χ4n) is 0.319. The van der Waals surface area contributed by atoms with Gasteiger partial charge in [0.25, 0.3) is 0 Å². The second-order valence-corrected chi connectivity index (χ2v) is 1.53. The van der Waals surface area contributed by atoms with Crippen LogP contribution in [0.5, 0.6) is 0 Å². The number of hydrogen-bond acceptors (Lipinski definition) is 4. The summed E-state index contributed by atoms with van der Waals surface area (Å²) in [5, 5.41) is 18.8. The van der Waals surface area contributed by atoms with Crippen LogP contribution >= 0.6 is 0 Å². The molecule has 0 aliphatic carbocycles. The van der Waals surface area contributed by atoms with Gasteiger partial charge >= 0.3 is 0 Å². The molecule has 0 heterocycles. The Kier molecular flexibility index (Phi) is 3.62. The van der Waals surface area contributed by atoms with Crippen molar-refractivity contribution in [1.82, 2.24) is 0 Å². The van der Waals surface area contributed by atoms with Crippen LogP contribution < -0.4 is 0 Å². The Bertz CT molecular complexity index is 122. The minimum absolute atomic E-state index is 0.382. The van der Waals surface area contributed by atoms with Gasteiger partial charge in [-0.15, -0.1) is 0 Å². The van der Waals surface area contributed by atoms with Crippen molar-refractivity contribution in [2.45, 2.75) is 13.0 Å². The van der Waals surface area contributed by atoms with Gasteiger partial charge in [0.2, 0.25) is 0 Å². The number of aliphatic hydroxyl groups excluding tert-OH is 1. The van der Waals surface area contributed by atoms with E-state index >= 15 is 0 Å². The molecule has 0 aromatic rings. The van der Waals surface area contributed by atoms with Gasteiger partial charge in [-0.05, 0) is 6.92 Å². The summed E-state index contributed by atoms with van der Waals surface area (Å²) in [6, 6.07) is 0. The fourth-order valence-corrected chi connectivity index (χ4v) is 0.319. The molecular weight excluding hydrogens is 120 g/mol. The molecule has 2 N–H and O–H groups in total. The van der Waals surface area contributed by atoms with Crippen molar-refractivity contribution in [1.29, 1.82) is 5.41 Å². The van der Waals surface area contributed by atoms with Gasteiger partial charge in [-0.25, -0.2) is 0 Å². The maximum absolute atomic E-state index is 8.80. The summed E-state index contributed by atoms with van der Waals surface area (Å²) in [4.78, 5) is 4.35. The molecule has 0 fully saturated rings. The van der Waals surface area contributed by atoms with Gasteiger partial charge in [-0.1, -0.05) is 5.16 Å². The molecule has 0 radical (unpaired) electrons. The molecular formula is C5H10N2O2. The average Bonchev–Trinajstić information content (AvgIpc) is 1.87. The van der Waals surface area contributed by atoms with E-state index in [1.54, 1.807) is 6.92 Å². The third-order valence-corrected chi connectivity index (χ3v) is 0.821. The van der Waals surface area contributed by atoms with Crippen molar-refractivity contribution < 1.29 is 9.94 Å². The molecule has 0 spiro atoms. The van der Waals surface area contributed by atoms with Crippen molar-refractivity contribution in [3.8, 4) is 0 Å². The van der Waals surface area contributed by atoms with E-state index in [9.17, 15) is 0 Å². The maximum atomic E-state index is 8.80. The molecule has 4 nitrogen and oxygen atoms in total. The number of oxime groups is 1. The summed E-state index contributed by atoms with van der Waals surface area (Å²) < 4.78 is 0. The van der Waals surface area contributed by atoms with Crippen LogP contribution in [0.3, 0.4) is 0 Å². The van der Waals surface area contributed by atoms with E-state index in [0.29, 0.717) is 5.71 Å². The predicted molar refractivity (Wildman–Crippen MR) is 34.9 cm³/mol. The number of nitrogens with zero attached hydrogens (tertiary/aromatic N) is 1. The monoisotopic (exact) mass is 130 g/mol. The minimum Gasteiger partial charge on any atom is -0.399 e. The third kappa shape index (κ3) is 2.81. The molecule has 0 amide bonds. The van der Waals surface area contributed by atoms with Crippen LogP contribution in [0.25, 0.3) is 0 Å². The molecule has 52 valence electrons. The minimum atomic E-state index is -0.912. The van der Waals surface area contributed by atoms with Crippen LogP contribution in [0.15, 0.2) is 5.16 Å². The highest BCUT2D eigenvalue weighted by molar-refractivity contribution is 5.98. The Morgan fingerprint density at radius 2 is 2.44 bits per heavy atom. The van der Waals surface area contributed by atoms with Gasteiger partial charge in [0, 0.05) is 6.21 Å². The van der Waals surface area contributed by atoms with Crippen LogP contribution in [0.4, 0.5) is 0 Å². The van der Waals surface area contributed by atoms with Crippen molar-refractivity contribution in [2.24, 2.45) is 5.16 Å². The number of rotatable bonds is 3. The van der Waals surface area contributed by atoms with Gasteiger partial charge in [0.1, 0.15) is 13.2 Å². The van der Waals surface area contributed by atoms with Crippen molar-refractivity contribution in [2.75, 3.05) is 7.11 Å². The highest BCUT2D eigenvalue weighted by Crippen LogP contribution is 1.84. The van der Waals surface area contributed by atoms with Gasteiger partial charge in [0.15, 0.2) is 0 Å². The summed E-state index contributed by atoms with van der Waals surface area (Å²) in [5.41, 5.74) is 0.382. The van der Waals surface area contributed by atoms with Crippen LogP contribution in [0, 0.1) is 5.41 Å². The molecule has 0 bridgehead atoms. The Balaban J connectivity index is 3.84. The number of nitrogens with one attached hydrogen (secondary N) is 1. The lowest BCUT2D eigenvalue weighted by Crippen LogP contribution is -2.18. The summed E-state index contributed by atoms with van der Waals surface area (Å²) in [7, 11) is 1.39. The lowest BCUT2D eigenvalue weighted by molar-refractivity contribution is 0.205. The molecule has 0 aromatic heterocycles. The zero-order valence-corrected chi connectivity index (χ0v) is 5.46. The van der Waals surface area contributed by atoms with Crippen molar-refractivity contribution >= 4 is 11.9 Å². The molecule has 1 atom stereocenters. The topological polar surface area (TPSA) is 65.7 Å². The van der Waals surface area contributed by atoms with Crippen LogP contribution in [-0.2, 0) is 4.84 Å². The summed E-state index contributed by atoms with van der Waals surface area (Å²) in [5.74, 6) is 0. The normalized spacial score (nSPS) is 14.8.